The third-order valence-corrected chi connectivity index (χ3v) is 5.21. The molecule has 0 fully saturated rings. The second-order valence-corrected chi connectivity index (χ2v) is 7.03. The predicted molar refractivity (Wildman–Crippen MR) is 112 cm³/mol. The Bertz CT molecular complexity index is 1110. The van der Waals surface area contributed by atoms with Crippen molar-refractivity contribution in [3.63, 3.8) is 0 Å². The summed E-state index contributed by atoms with van der Waals surface area (Å²) in [6, 6.07) is 26.0. The highest BCUT2D eigenvalue weighted by Crippen LogP contribution is 2.27. The Kier molecular flexibility index (Phi) is 4.64. The predicted octanol–water partition coefficient (Wildman–Crippen LogP) is 6.73. The van der Waals surface area contributed by atoms with Crippen LogP contribution in [-0.4, -0.2) is 5.97 Å². The van der Waals surface area contributed by atoms with Crippen molar-refractivity contribution in [2.75, 3.05) is 0 Å². The normalized spacial score (nSPS) is 12.2. The lowest BCUT2D eigenvalue weighted by Crippen LogP contribution is -2.08. The summed E-state index contributed by atoms with van der Waals surface area (Å²) in [4.78, 5) is 12.5. The standard InChI is InChI=1S/C25H22O2/c1-3-17(2)18-8-10-19(11-9-18)25(26)27-24-13-12-22-14-20-6-4-5-7-21(20)15-23(22)16-24/h4-17H,3H2,1-2H3. The van der Waals surface area contributed by atoms with Gasteiger partial charge in [-0.05, 0) is 75.8 Å². The van der Waals surface area contributed by atoms with Gasteiger partial charge in [-0.3, -0.25) is 0 Å². The second kappa shape index (κ2) is 7.24. The highest BCUT2D eigenvalue weighted by Gasteiger charge is 2.11. The maximum Gasteiger partial charge on any atom is 0.343 e. The molecule has 0 saturated heterocycles. The van der Waals surface area contributed by atoms with Crippen LogP contribution in [0.15, 0.2) is 78.9 Å². The molecule has 0 spiro atoms. The molecule has 1 atom stereocenters. The third-order valence-electron chi connectivity index (χ3n) is 5.21. The molecule has 2 heteroatoms. The van der Waals surface area contributed by atoms with E-state index in [0.29, 0.717) is 17.2 Å². The monoisotopic (exact) mass is 354 g/mol. The molecule has 0 radical (unpaired) electrons. The van der Waals surface area contributed by atoms with Crippen LogP contribution in [-0.2, 0) is 0 Å². The number of esters is 1. The first-order valence-corrected chi connectivity index (χ1v) is 9.39. The summed E-state index contributed by atoms with van der Waals surface area (Å²) < 4.78 is 5.61. The van der Waals surface area contributed by atoms with Crippen LogP contribution in [0.4, 0.5) is 0 Å². The van der Waals surface area contributed by atoms with Gasteiger partial charge in [0.25, 0.3) is 0 Å². The van der Waals surface area contributed by atoms with Gasteiger partial charge >= 0.3 is 5.97 Å². The molecule has 27 heavy (non-hydrogen) atoms. The van der Waals surface area contributed by atoms with Crippen LogP contribution in [0.5, 0.6) is 5.75 Å². The van der Waals surface area contributed by atoms with Crippen LogP contribution < -0.4 is 4.74 Å². The summed E-state index contributed by atoms with van der Waals surface area (Å²) in [5, 5.41) is 4.57. The molecule has 0 aromatic heterocycles. The Morgan fingerprint density at radius 2 is 1.44 bits per heavy atom. The van der Waals surface area contributed by atoms with E-state index in [0.717, 1.165) is 17.2 Å². The number of hydrogen-bond donors (Lipinski definition) is 0. The van der Waals surface area contributed by atoms with Crippen LogP contribution >= 0.6 is 0 Å². The summed E-state index contributed by atoms with van der Waals surface area (Å²) in [6.45, 7) is 4.35. The highest BCUT2D eigenvalue weighted by molar-refractivity contribution is 5.99. The van der Waals surface area contributed by atoms with Gasteiger partial charge in [0.05, 0.1) is 5.56 Å². The Labute approximate surface area is 159 Å². The molecule has 0 heterocycles. The molecule has 134 valence electrons. The molecule has 0 saturated carbocycles. The summed E-state index contributed by atoms with van der Waals surface area (Å²) in [7, 11) is 0. The summed E-state index contributed by atoms with van der Waals surface area (Å²) >= 11 is 0. The summed E-state index contributed by atoms with van der Waals surface area (Å²) in [6.07, 6.45) is 1.08. The SMILES string of the molecule is CCC(C)c1ccc(C(=O)Oc2ccc3cc4ccccc4cc3c2)cc1. The molecule has 0 bridgehead atoms. The first-order valence-electron chi connectivity index (χ1n) is 9.39. The van der Waals surface area contributed by atoms with E-state index in [1.807, 2.05) is 54.6 Å². The smallest absolute Gasteiger partial charge is 0.343 e. The van der Waals surface area contributed by atoms with Crippen LogP contribution in [0.25, 0.3) is 21.5 Å². The number of ether oxygens (including phenoxy) is 1. The number of carbonyl (C=O) groups excluding carboxylic acids is 1. The fraction of sp³-hybridized carbons (Fsp3) is 0.160. The van der Waals surface area contributed by atoms with Crippen molar-refractivity contribution in [2.45, 2.75) is 26.2 Å². The van der Waals surface area contributed by atoms with Crippen molar-refractivity contribution in [1.29, 1.82) is 0 Å². The zero-order valence-corrected chi connectivity index (χ0v) is 15.6. The molecule has 0 aliphatic rings. The maximum atomic E-state index is 12.5. The van der Waals surface area contributed by atoms with Gasteiger partial charge < -0.3 is 4.74 Å². The van der Waals surface area contributed by atoms with Crippen molar-refractivity contribution in [3.05, 3.63) is 90.0 Å². The number of fused-ring (bicyclic) bond motifs is 2. The van der Waals surface area contributed by atoms with Crippen molar-refractivity contribution < 1.29 is 9.53 Å². The largest absolute Gasteiger partial charge is 0.423 e. The molecule has 4 aromatic carbocycles. The van der Waals surface area contributed by atoms with Gasteiger partial charge in [0, 0.05) is 0 Å². The summed E-state index contributed by atoms with van der Waals surface area (Å²) in [5.74, 6) is 0.727. The van der Waals surface area contributed by atoms with Crippen LogP contribution in [0.3, 0.4) is 0 Å². The minimum atomic E-state index is -0.328. The van der Waals surface area contributed by atoms with Crippen LogP contribution in [0.2, 0.25) is 0 Å². The average molecular weight is 354 g/mol. The first-order chi connectivity index (χ1) is 13.1. The molecule has 1 unspecified atom stereocenters. The van der Waals surface area contributed by atoms with E-state index < -0.39 is 0 Å². The van der Waals surface area contributed by atoms with E-state index in [-0.39, 0.29) is 5.97 Å². The van der Waals surface area contributed by atoms with E-state index in [4.69, 9.17) is 4.74 Å². The number of hydrogen-bond acceptors (Lipinski definition) is 2. The van der Waals surface area contributed by atoms with Gasteiger partial charge in [0.2, 0.25) is 0 Å². The number of rotatable bonds is 4. The van der Waals surface area contributed by atoms with Crippen molar-refractivity contribution in [3.8, 4) is 5.75 Å². The van der Waals surface area contributed by atoms with Crippen LogP contribution in [0, 0.1) is 0 Å². The molecular weight excluding hydrogens is 332 g/mol. The molecule has 0 amide bonds. The van der Waals surface area contributed by atoms with Gasteiger partial charge in [-0.1, -0.05) is 56.3 Å². The lowest BCUT2D eigenvalue weighted by Gasteiger charge is -2.10. The topological polar surface area (TPSA) is 26.3 Å². The van der Waals surface area contributed by atoms with Gasteiger partial charge in [-0.25, -0.2) is 4.79 Å². The zero-order chi connectivity index (χ0) is 18.8. The van der Waals surface area contributed by atoms with Crippen molar-refractivity contribution in [1.82, 2.24) is 0 Å². The Hall–Kier alpha value is -3.13. The molecule has 4 aromatic rings. The fourth-order valence-electron chi connectivity index (χ4n) is 3.33. The van der Waals surface area contributed by atoms with Crippen molar-refractivity contribution in [2.24, 2.45) is 0 Å². The number of benzene rings is 4. The Morgan fingerprint density at radius 1 is 0.815 bits per heavy atom. The first kappa shape index (κ1) is 17.3. The van der Waals surface area contributed by atoms with Gasteiger partial charge in [0.1, 0.15) is 5.75 Å². The van der Waals surface area contributed by atoms with E-state index in [9.17, 15) is 4.79 Å². The molecule has 2 nitrogen and oxygen atoms in total. The maximum absolute atomic E-state index is 12.5. The lowest BCUT2D eigenvalue weighted by molar-refractivity contribution is 0.0735. The van der Waals surface area contributed by atoms with Crippen LogP contribution in [0.1, 0.15) is 42.1 Å². The van der Waals surface area contributed by atoms with Gasteiger partial charge in [-0.15, -0.1) is 0 Å². The third kappa shape index (κ3) is 3.56. The minimum absolute atomic E-state index is 0.328. The van der Waals surface area contributed by atoms with Crippen molar-refractivity contribution >= 4 is 27.5 Å². The van der Waals surface area contributed by atoms with Gasteiger partial charge in [-0.2, -0.15) is 0 Å². The Morgan fingerprint density at radius 3 is 2.11 bits per heavy atom. The fourth-order valence-corrected chi connectivity index (χ4v) is 3.33. The van der Waals surface area contributed by atoms with Gasteiger partial charge in [0.15, 0.2) is 0 Å². The Balaban J connectivity index is 1.58. The molecular formula is C25H22O2. The minimum Gasteiger partial charge on any atom is -0.423 e. The zero-order valence-electron chi connectivity index (χ0n) is 15.6. The lowest BCUT2D eigenvalue weighted by atomic mass is 9.98. The van der Waals surface area contributed by atoms with E-state index in [2.05, 4.69) is 38.1 Å². The highest BCUT2D eigenvalue weighted by atomic mass is 16.5. The molecule has 0 aliphatic carbocycles. The van der Waals surface area contributed by atoms with E-state index in [1.165, 1.54) is 16.3 Å². The molecule has 0 N–H and O–H groups in total. The average Bonchev–Trinajstić information content (AvgIpc) is 2.71. The second-order valence-electron chi connectivity index (χ2n) is 7.03. The molecule has 0 aliphatic heterocycles. The van der Waals surface area contributed by atoms with E-state index >= 15 is 0 Å². The molecule has 4 rings (SSSR count). The number of carbonyl (C=O) groups is 1. The van der Waals surface area contributed by atoms with E-state index in [1.54, 1.807) is 0 Å². The quantitative estimate of drug-likeness (QED) is 0.231. The summed E-state index contributed by atoms with van der Waals surface area (Å²) in [5.41, 5.74) is 1.81.